The van der Waals surface area contributed by atoms with Gasteiger partial charge in [-0.05, 0) is 24.1 Å². The van der Waals surface area contributed by atoms with Crippen LogP contribution in [0.1, 0.15) is 11.1 Å². The summed E-state index contributed by atoms with van der Waals surface area (Å²) in [7, 11) is 3.75. The number of ether oxygens (including phenoxy) is 1. The number of hydrogen-bond donors (Lipinski definition) is 1. The maximum Gasteiger partial charge on any atom is 0.0681 e. The Bertz CT molecular complexity index is 312. The third-order valence-electron chi connectivity index (χ3n) is 2.49. The lowest BCUT2D eigenvalue weighted by atomic mass is 10.1. The van der Waals surface area contributed by atoms with E-state index in [1.807, 2.05) is 25.2 Å². The van der Waals surface area contributed by atoms with E-state index in [4.69, 9.17) is 9.84 Å². The number of aliphatic hydroxyl groups is 1. The number of rotatable bonds is 5. The summed E-state index contributed by atoms with van der Waals surface area (Å²) in [6.45, 7) is 3.74. The number of benzene rings is 1. The second-order valence-electron chi connectivity index (χ2n) is 3.69. The minimum atomic E-state index is 0.100. The zero-order valence-corrected chi connectivity index (χ0v) is 9.66. The number of likely N-dealkylation sites (N-methyl/N-ethyl adjacent to an activating group) is 1. The summed E-state index contributed by atoms with van der Waals surface area (Å²) in [5, 5.41) is 9.00. The lowest BCUT2D eigenvalue weighted by Gasteiger charge is -2.21. The maximum absolute atomic E-state index is 9.00. The molecule has 0 spiro atoms. The SMILES string of the molecule is COCCN(C)c1ccc(CO)cc1C. The first-order valence-corrected chi connectivity index (χ1v) is 5.09. The van der Waals surface area contributed by atoms with Gasteiger partial charge >= 0.3 is 0 Å². The topological polar surface area (TPSA) is 32.7 Å². The molecule has 15 heavy (non-hydrogen) atoms. The molecule has 0 aromatic heterocycles. The molecule has 0 radical (unpaired) electrons. The molecular formula is C12H19NO2. The number of anilines is 1. The van der Waals surface area contributed by atoms with Crippen LogP contribution in [-0.2, 0) is 11.3 Å². The molecule has 0 aliphatic rings. The third kappa shape index (κ3) is 3.22. The van der Waals surface area contributed by atoms with Crippen LogP contribution in [0.25, 0.3) is 0 Å². The van der Waals surface area contributed by atoms with Gasteiger partial charge in [0.2, 0.25) is 0 Å². The fourth-order valence-corrected chi connectivity index (χ4v) is 1.59. The van der Waals surface area contributed by atoms with Gasteiger partial charge in [-0.25, -0.2) is 0 Å². The molecular weight excluding hydrogens is 190 g/mol. The fourth-order valence-electron chi connectivity index (χ4n) is 1.59. The highest BCUT2D eigenvalue weighted by molar-refractivity contribution is 5.53. The van der Waals surface area contributed by atoms with Gasteiger partial charge in [0.05, 0.1) is 13.2 Å². The van der Waals surface area contributed by atoms with Gasteiger partial charge in [-0.1, -0.05) is 12.1 Å². The third-order valence-corrected chi connectivity index (χ3v) is 2.49. The van der Waals surface area contributed by atoms with Gasteiger partial charge < -0.3 is 14.7 Å². The molecule has 0 bridgehead atoms. The molecule has 0 aliphatic heterocycles. The van der Waals surface area contributed by atoms with E-state index in [9.17, 15) is 0 Å². The molecule has 0 atom stereocenters. The Kier molecular flexibility index (Phi) is 4.59. The van der Waals surface area contributed by atoms with Crippen LogP contribution in [0.5, 0.6) is 0 Å². The quantitative estimate of drug-likeness (QED) is 0.799. The second kappa shape index (κ2) is 5.73. The van der Waals surface area contributed by atoms with Gasteiger partial charge in [-0.3, -0.25) is 0 Å². The highest BCUT2D eigenvalue weighted by atomic mass is 16.5. The molecule has 0 fully saturated rings. The molecule has 0 aliphatic carbocycles. The van der Waals surface area contributed by atoms with Crippen LogP contribution >= 0.6 is 0 Å². The summed E-state index contributed by atoms with van der Waals surface area (Å²) in [5.41, 5.74) is 3.32. The zero-order valence-electron chi connectivity index (χ0n) is 9.66. The van der Waals surface area contributed by atoms with Crippen molar-refractivity contribution in [3.05, 3.63) is 29.3 Å². The zero-order chi connectivity index (χ0) is 11.3. The Morgan fingerprint density at radius 2 is 2.13 bits per heavy atom. The predicted octanol–water partition coefficient (Wildman–Crippen LogP) is 1.57. The molecule has 0 saturated heterocycles. The van der Waals surface area contributed by atoms with Gasteiger partial charge in [0, 0.05) is 26.4 Å². The van der Waals surface area contributed by atoms with Gasteiger partial charge in [0.15, 0.2) is 0 Å². The monoisotopic (exact) mass is 209 g/mol. The fraction of sp³-hybridized carbons (Fsp3) is 0.500. The first-order valence-electron chi connectivity index (χ1n) is 5.09. The first kappa shape index (κ1) is 12.0. The Labute approximate surface area is 91.3 Å². The predicted molar refractivity (Wildman–Crippen MR) is 62.2 cm³/mol. The van der Waals surface area contributed by atoms with E-state index >= 15 is 0 Å². The molecule has 3 nitrogen and oxygen atoms in total. The maximum atomic E-state index is 9.00. The molecule has 0 unspecified atom stereocenters. The number of methoxy groups -OCH3 is 1. The van der Waals surface area contributed by atoms with Gasteiger partial charge in [-0.15, -0.1) is 0 Å². The lowest BCUT2D eigenvalue weighted by Crippen LogP contribution is -2.22. The smallest absolute Gasteiger partial charge is 0.0681 e. The standard InChI is InChI=1S/C12H19NO2/c1-10-8-11(9-14)4-5-12(10)13(2)6-7-15-3/h4-5,8,14H,6-7,9H2,1-3H3. The summed E-state index contributed by atoms with van der Waals surface area (Å²) in [5.74, 6) is 0. The molecule has 0 heterocycles. The largest absolute Gasteiger partial charge is 0.392 e. The number of hydrogen-bond acceptors (Lipinski definition) is 3. The molecule has 3 heteroatoms. The van der Waals surface area contributed by atoms with E-state index in [1.54, 1.807) is 7.11 Å². The van der Waals surface area contributed by atoms with E-state index < -0.39 is 0 Å². The van der Waals surface area contributed by atoms with E-state index in [0.717, 1.165) is 18.7 Å². The average Bonchev–Trinajstić information content (AvgIpc) is 2.25. The van der Waals surface area contributed by atoms with E-state index in [0.29, 0.717) is 0 Å². The lowest BCUT2D eigenvalue weighted by molar-refractivity contribution is 0.206. The summed E-state index contributed by atoms with van der Waals surface area (Å²) < 4.78 is 5.04. The van der Waals surface area contributed by atoms with E-state index in [1.165, 1.54) is 11.3 Å². The molecule has 0 saturated carbocycles. The number of nitrogens with zero attached hydrogens (tertiary/aromatic N) is 1. The summed E-state index contributed by atoms with van der Waals surface area (Å²) in [6, 6.07) is 6.00. The van der Waals surface area contributed by atoms with E-state index in [-0.39, 0.29) is 6.61 Å². The number of aryl methyl sites for hydroxylation is 1. The Morgan fingerprint density at radius 1 is 1.40 bits per heavy atom. The molecule has 0 amide bonds. The molecule has 1 aromatic carbocycles. The minimum Gasteiger partial charge on any atom is -0.392 e. The second-order valence-corrected chi connectivity index (χ2v) is 3.69. The molecule has 1 aromatic rings. The van der Waals surface area contributed by atoms with Crippen LogP contribution in [0.2, 0.25) is 0 Å². The van der Waals surface area contributed by atoms with Crippen LogP contribution in [0.15, 0.2) is 18.2 Å². The Morgan fingerprint density at radius 3 is 2.67 bits per heavy atom. The van der Waals surface area contributed by atoms with Gasteiger partial charge in [0.25, 0.3) is 0 Å². The summed E-state index contributed by atoms with van der Waals surface area (Å²) >= 11 is 0. The molecule has 1 rings (SSSR count). The molecule has 1 N–H and O–H groups in total. The van der Waals surface area contributed by atoms with Crippen LogP contribution in [0, 0.1) is 6.92 Å². The van der Waals surface area contributed by atoms with Crippen molar-refractivity contribution in [3.8, 4) is 0 Å². The van der Waals surface area contributed by atoms with Crippen molar-refractivity contribution in [2.75, 3.05) is 32.2 Å². The van der Waals surface area contributed by atoms with Crippen molar-refractivity contribution < 1.29 is 9.84 Å². The Balaban J connectivity index is 2.76. The van der Waals surface area contributed by atoms with Crippen molar-refractivity contribution in [3.63, 3.8) is 0 Å². The van der Waals surface area contributed by atoms with Crippen molar-refractivity contribution in [2.24, 2.45) is 0 Å². The van der Waals surface area contributed by atoms with Gasteiger partial charge in [-0.2, -0.15) is 0 Å². The normalized spacial score (nSPS) is 10.4. The average molecular weight is 209 g/mol. The van der Waals surface area contributed by atoms with E-state index in [2.05, 4.69) is 11.8 Å². The highest BCUT2D eigenvalue weighted by Crippen LogP contribution is 2.19. The van der Waals surface area contributed by atoms with Crippen molar-refractivity contribution in [2.45, 2.75) is 13.5 Å². The molecule has 84 valence electrons. The van der Waals surface area contributed by atoms with Crippen molar-refractivity contribution >= 4 is 5.69 Å². The van der Waals surface area contributed by atoms with Crippen LogP contribution in [0.3, 0.4) is 0 Å². The summed E-state index contributed by atoms with van der Waals surface area (Å²) in [4.78, 5) is 2.15. The first-order chi connectivity index (χ1) is 7.19. The van der Waals surface area contributed by atoms with Gasteiger partial charge in [0.1, 0.15) is 0 Å². The van der Waals surface area contributed by atoms with Crippen LogP contribution in [-0.4, -0.2) is 32.4 Å². The van der Waals surface area contributed by atoms with Crippen molar-refractivity contribution in [1.82, 2.24) is 0 Å². The Hall–Kier alpha value is -1.06. The summed E-state index contributed by atoms with van der Waals surface area (Å²) in [6.07, 6.45) is 0. The van der Waals surface area contributed by atoms with Crippen LogP contribution in [0.4, 0.5) is 5.69 Å². The van der Waals surface area contributed by atoms with Crippen LogP contribution < -0.4 is 4.90 Å². The highest BCUT2D eigenvalue weighted by Gasteiger charge is 2.04. The number of aliphatic hydroxyl groups excluding tert-OH is 1. The van der Waals surface area contributed by atoms with Crippen molar-refractivity contribution in [1.29, 1.82) is 0 Å². The minimum absolute atomic E-state index is 0.100.